The summed E-state index contributed by atoms with van der Waals surface area (Å²) in [4.78, 5) is 28.7. The Morgan fingerprint density at radius 1 is 0.970 bits per heavy atom. The largest absolute Gasteiger partial charge is 0.326 e. The van der Waals surface area contributed by atoms with Crippen LogP contribution in [0.15, 0.2) is 48.5 Å². The van der Waals surface area contributed by atoms with Crippen LogP contribution in [0, 0.1) is 17.7 Å². The van der Waals surface area contributed by atoms with Gasteiger partial charge in [-0.3, -0.25) is 14.5 Å². The van der Waals surface area contributed by atoms with Crippen LogP contribution in [0.1, 0.15) is 31.7 Å². The molecule has 7 heteroatoms. The van der Waals surface area contributed by atoms with Crippen LogP contribution in [0.25, 0.3) is 0 Å². The van der Waals surface area contributed by atoms with Crippen molar-refractivity contribution in [2.75, 3.05) is 37.3 Å². The number of nitrogens with zero attached hydrogens (tertiary/aromatic N) is 2. The standard InChI is InChI=1S/C26H33FN4O2/c1-18(32)28-23-7-3-19(4-8-23)16-31-13-11-20(12-14-31)25-15-21(17-30(25)2)26(33)29-24-9-5-22(27)6-10-24/h3-10,20-21,25H,11-17H2,1-2H3,(H,28,32)(H,29,33)/t21-,25-/m0/s1. The Hall–Kier alpha value is -2.77. The van der Waals surface area contributed by atoms with Crippen LogP contribution >= 0.6 is 0 Å². The first-order valence-electron chi connectivity index (χ1n) is 11.7. The van der Waals surface area contributed by atoms with E-state index in [2.05, 4.69) is 39.6 Å². The van der Waals surface area contributed by atoms with Crippen molar-refractivity contribution in [1.29, 1.82) is 0 Å². The van der Waals surface area contributed by atoms with E-state index in [1.54, 1.807) is 12.1 Å². The smallest absolute Gasteiger partial charge is 0.228 e. The molecule has 2 aromatic rings. The highest BCUT2D eigenvalue weighted by Gasteiger charge is 2.39. The van der Waals surface area contributed by atoms with Gasteiger partial charge in [0, 0.05) is 37.4 Å². The Morgan fingerprint density at radius 2 is 1.58 bits per heavy atom. The summed E-state index contributed by atoms with van der Waals surface area (Å²) in [7, 11) is 2.12. The SMILES string of the molecule is CC(=O)Nc1ccc(CN2CCC([C@@H]3C[C@H](C(=O)Nc4ccc(F)cc4)CN3C)CC2)cc1. The van der Waals surface area contributed by atoms with E-state index in [1.165, 1.54) is 24.6 Å². The van der Waals surface area contributed by atoms with Gasteiger partial charge in [0.15, 0.2) is 0 Å². The molecule has 176 valence electrons. The van der Waals surface area contributed by atoms with Crippen LogP contribution in [0.4, 0.5) is 15.8 Å². The first-order chi connectivity index (χ1) is 15.9. The molecular formula is C26H33FN4O2. The number of halogens is 1. The normalized spacial score (nSPS) is 22.3. The monoisotopic (exact) mass is 452 g/mol. The highest BCUT2D eigenvalue weighted by atomic mass is 19.1. The van der Waals surface area contributed by atoms with Crippen LogP contribution in [0.2, 0.25) is 0 Å². The lowest BCUT2D eigenvalue weighted by Crippen LogP contribution is -2.41. The molecule has 2 amide bonds. The van der Waals surface area contributed by atoms with Crippen molar-refractivity contribution < 1.29 is 14.0 Å². The summed E-state index contributed by atoms with van der Waals surface area (Å²) in [5.74, 6) is 0.220. The number of amides is 2. The Balaban J connectivity index is 1.25. The summed E-state index contributed by atoms with van der Waals surface area (Å²) in [5.41, 5.74) is 2.72. The van der Waals surface area contributed by atoms with E-state index in [-0.39, 0.29) is 23.5 Å². The van der Waals surface area contributed by atoms with Gasteiger partial charge in [0.2, 0.25) is 11.8 Å². The third-order valence-electron chi connectivity index (χ3n) is 6.94. The van der Waals surface area contributed by atoms with Crippen molar-refractivity contribution in [1.82, 2.24) is 9.80 Å². The molecule has 4 rings (SSSR count). The van der Waals surface area contributed by atoms with Crippen molar-refractivity contribution in [2.24, 2.45) is 11.8 Å². The van der Waals surface area contributed by atoms with Crippen LogP contribution in [-0.2, 0) is 16.1 Å². The summed E-state index contributed by atoms with van der Waals surface area (Å²) < 4.78 is 13.1. The number of rotatable bonds is 6. The van der Waals surface area contributed by atoms with Gasteiger partial charge in [-0.15, -0.1) is 0 Å². The van der Waals surface area contributed by atoms with Crippen molar-refractivity contribution in [3.63, 3.8) is 0 Å². The van der Waals surface area contributed by atoms with E-state index in [0.717, 1.165) is 51.1 Å². The maximum atomic E-state index is 13.1. The highest BCUT2D eigenvalue weighted by molar-refractivity contribution is 5.93. The second-order valence-corrected chi connectivity index (χ2v) is 9.43. The summed E-state index contributed by atoms with van der Waals surface area (Å²) in [6, 6.07) is 14.4. The fraction of sp³-hybridized carbons (Fsp3) is 0.462. The Kier molecular flexibility index (Phi) is 7.40. The number of hydrogen-bond donors (Lipinski definition) is 2. The minimum atomic E-state index is -0.304. The van der Waals surface area contributed by atoms with E-state index in [4.69, 9.17) is 0 Å². The molecule has 33 heavy (non-hydrogen) atoms. The number of benzene rings is 2. The molecule has 0 unspecified atom stereocenters. The number of likely N-dealkylation sites (tertiary alicyclic amines) is 2. The van der Waals surface area contributed by atoms with Crippen LogP contribution in [0.3, 0.4) is 0 Å². The van der Waals surface area contributed by atoms with E-state index < -0.39 is 0 Å². The Bertz CT molecular complexity index is 955. The third-order valence-corrected chi connectivity index (χ3v) is 6.94. The molecule has 2 fully saturated rings. The quantitative estimate of drug-likeness (QED) is 0.697. The topological polar surface area (TPSA) is 64.7 Å². The van der Waals surface area contributed by atoms with Crippen molar-refractivity contribution in [3.05, 3.63) is 59.9 Å². The lowest BCUT2D eigenvalue weighted by molar-refractivity contribution is -0.119. The zero-order valence-corrected chi connectivity index (χ0v) is 19.4. The zero-order valence-electron chi connectivity index (χ0n) is 19.4. The van der Waals surface area contributed by atoms with E-state index >= 15 is 0 Å². The molecule has 2 aromatic carbocycles. The summed E-state index contributed by atoms with van der Waals surface area (Å²) in [6.45, 7) is 5.29. The number of carbonyl (C=O) groups excluding carboxylic acids is 2. The van der Waals surface area contributed by atoms with Crippen LogP contribution in [0.5, 0.6) is 0 Å². The predicted octanol–water partition coefficient (Wildman–Crippen LogP) is 3.96. The molecule has 2 aliphatic rings. The fourth-order valence-electron chi connectivity index (χ4n) is 5.20. The first kappa shape index (κ1) is 23.4. The molecular weight excluding hydrogens is 419 g/mol. The molecule has 2 aliphatic heterocycles. The maximum Gasteiger partial charge on any atom is 0.228 e. The molecule has 0 spiro atoms. The van der Waals surface area contributed by atoms with Gasteiger partial charge in [-0.1, -0.05) is 12.1 Å². The number of nitrogens with one attached hydrogen (secondary N) is 2. The Morgan fingerprint density at radius 3 is 2.21 bits per heavy atom. The summed E-state index contributed by atoms with van der Waals surface area (Å²) in [5, 5.41) is 5.74. The number of hydrogen-bond acceptors (Lipinski definition) is 4. The van der Waals surface area contributed by atoms with Gasteiger partial charge in [0.1, 0.15) is 5.82 Å². The second-order valence-electron chi connectivity index (χ2n) is 9.43. The van der Waals surface area contributed by atoms with E-state index in [0.29, 0.717) is 17.6 Å². The van der Waals surface area contributed by atoms with Gasteiger partial charge < -0.3 is 15.5 Å². The second kappa shape index (κ2) is 10.4. The van der Waals surface area contributed by atoms with Gasteiger partial charge in [0.25, 0.3) is 0 Å². The molecule has 0 aliphatic carbocycles. The molecule has 0 aromatic heterocycles. The molecule has 0 bridgehead atoms. The molecule has 2 atom stereocenters. The molecule has 0 saturated carbocycles. The minimum absolute atomic E-state index is 0.0242. The first-order valence-corrected chi connectivity index (χ1v) is 11.7. The lowest BCUT2D eigenvalue weighted by Gasteiger charge is -2.37. The number of anilines is 2. The molecule has 2 heterocycles. The Labute approximate surface area is 195 Å². The van der Waals surface area contributed by atoms with Crippen molar-refractivity contribution in [3.8, 4) is 0 Å². The molecule has 2 N–H and O–H groups in total. The van der Waals surface area contributed by atoms with Gasteiger partial charge in [-0.2, -0.15) is 0 Å². The highest BCUT2D eigenvalue weighted by Crippen LogP contribution is 2.33. The van der Waals surface area contributed by atoms with Crippen molar-refractivity contribution >= 4 is 23.2 Å². The predicted molar refractivity (Wildman–Crippen MR) is 128 cm³/mol. The molecule has 2 saturated heterocycles. The molecule has 0 radical (unpaired) electrons. The summed E-state index contributed by atoms with van der Waals surface area (Å²) >= 11 is 0. The average Bonchev–Trinajstić information content (AvgIpc) is 3.19. The van der Waals surface area contributed by atoms with Gasteiger partial charge >= 0.3 is 0 Å². The molecule has 6 nitrogen and oxygen atoms in total. The van der Waals surface area contributed by atoms with Gasteiger partial charge in [-0.05, 0) is 87.3 Å². The third kappa shape index (κ3) is 6.18. The number of piperidine rings is 1. The minimum Gasteiger partial charge on any atom is -0.326 e. The van der Waals surface area contributed by atoms with Crippen LogP contribution in [-0.4, -0.2) is 54.3 Å². The number of carbonyl (C=O) groups is 2. The maximum absolute atomic E-state index is 13.1. The lowest BCUT2D eigenvalue weighted by atomic mass is 9.86. The zero-order chi connectivity index (χ0) is 23.4. The van der Waals surface area contributed by atoms with E-state index in [1.807, 2.05) is 12.1 Å². The van der Waals surface area contributed by atoms with Gasteiger partial charge in [0.05, 0.1) is 5.92 Å². The van der Waals surface area contributed by atoms with E-state index in [9.17, 15) is 14.0 Å². The average molecular weight is 453 g/mol. The fourth-order valence-corrected chi connectivity index (χ4v) is 5.20. The summed E-state index contributed by atoms with van der Waals surface area (Å²) in [6.07, 6.45) is 3.13. The van der Waals surface area contributed by atoms with Crippen LogP contribution < -0.4 is 10.6 Å². The van der Waals surface area contributed by atoms with Crippen molar-refractivity contribution in [2.45, 2.75) is 38.8 Å². The van der Waals surface area contributed by atoms with Gasteiger partial charge in [-0.25, -0.2) is 4.39 Å².